The Kier molecular flexibility index (Phi) is 6.12. The average Bonchev–Trinajstić information content (AvgIpc) is 2.73. The molecule has 0 bridgehead atoms. The minimum Gasteiger partial charge on any atom is -0.482 e. The summed E-state index contributed by atoms with van der Waals surface area (Å²) in [6.45, 7) is -0.153. The number of hydrogen-bond donors (Lipinski definition) is 1. The molecule has 1 fully saturated rings. The normalized spacial score (nSPS) is 16.8. The van der Waals surface area contributed by atoms with Gasteiger partial charge < -0.3 is 14.8 Å². The van der Waals surface area contributed by atoms with E-state index >= 15 is 0 Å². The van der Waals surface area contributed by atoms with Gasteiger partial charge >= 0.3 is 5.97 Å². The Morgan fingerprint density at radius 3 is 2.57 bits per heavy atom. The minimum atomic E-state index is -0.456. The van der Waals surface area contributed by atoms with Crippen LogP contribution in [0, 0.1) is 0 Å². The quantitative estimate of drug-likeness (QED) is 0.576. The summed E-state index contributed by atoms with van der Waals surface area (Å²) in [4.78, 5) is 23.5. The molecular weight excluding hydrogens is 394 g/mol. The molecule has 1 amide bonds. The van der Waals surface area contributed by atoms with Gasteiger partial charge in [0.15, 0.2) is 6.61 Å². The maximum Gasteiger partial charge on any atom is 0.349 e. The molecule has 28 heavy (non-hydrogen) atoms. The van der Waals surface area contributed by atoms with Crippen LogP contribution in [0.3, 0.4) is 0 Å². The van der Waals surface area contributed by atoms with Gasteiger partial charge in [-0.15, -0.1) is 23.5 Å². The molecule has 2 aliphatic rings. The zero-order valence-electron chi connectivity index (χ0n) is 15.3. The van der Waals surface area contributed by atoms with Crippen molar-refractivity contribution < 1.29 is 19.1 Å². The highest BCUT2D eigenvalue weighted by atomic mass is 32.2. The number of aryl methyl sites for hydroxylation is 1. The van der Waals surface area contributed by atoms with Crippen LogP contribution < -0.4 is 14.8 Å². The lowest BCUT2D eigenvalue weighted by Gasteiger charge is -2.21. The van der Waals surface area contributed by atoms with Gasteiger partial charge in [-0.2, -0.15) is 0 Å². The largest absolute Gasteiger partial charge is 0.482 e. The van der Waals surface area contributed by atoms with Crippen molar-refractivity contribution in [2.24, 2.45) is 0 Å². The van der Waals surface area contributed by atoms with E-state index in [0.717, 1.165) is 11.3 Å². The van der Waals surface area contributed by atoms with Gasteiger partial charge in [0.1, 0.15) is 11.5 Å². The van der Waals surface area contributed by atoms with Gasteiger partial charge in [-0.05, 0) is 65.8 Å². The first-order valence-electron chi connectivity index (χ1n) is 9.27. The number of rotatable bonds is 5. The number of amides is 1. The van der Waals surface area contributed by atoms with Crippen molar-refractivity contribution in [3.05, 3.63) is 53.6 Å². The minimum absolute atomic E-state index is 0.0114. The number of fused-ring (bicyclic) bond motifs is 1. The Morgan fingerprint density at radius 2 is 1.79 bits per heavy atom. The van der Waals surface area contributed by atoms with Gasteiger partial charge in [0.05, 0.1) is 4.58 Å². The van der Waals surface area contributed by atoms with Gasteiger partial charge in [-0.3, -0.25) is 4.79 Å². The van der Waals surface area contributed by atoms with E-state index in [9.17, 15) is 9.59 Å². The lowest BCUT2D eigenvalue weighted by molar-refractivity contribution is -0.136. The Hall–Kier alpha value is -2.12. The number of thioether (sulfide) groups is 2. The summed E-state index contributed by atoms with van der Waals surface area (Å²) in [5, 5.41) is 2.81. The fraction of sp³-hybridized carbons (Fsp3) is 0.333. The molecule has 0 atom stereocenters. The van der Waals surface area contributed by atoms with E-state index in [-0.39, 0.29) is 12.5 Å². The molecule has 1 saturated heterocycles. The second-order valence-electron chi connectivity index (χ2n) is 6.63. The molecule has 0 aromatic heterocycles. The predicted octanol–water partition coefficient (Wildman–Crippen LogP) is 4.42. The van der Waals surface area contributed by atoms with E-state index in [1.54, 1.807) is 18.2 Å². The van der Waals surface area contributed by atoms with Crippen LogP contribution in [0.1, 0.15) is 28.6 Å². The van der Waals surface area contributed by atoms with Crippen LogP contribution in [0.2, 0.25) is 0 Å². The fourth-order valence-corrected chi connectivity index (χ4v) is 6.02. The Balaban J connectivity index is 1.29. The number of carbonyl (C=O) groups excluding carboxylic acids is 2. The molecular formula is C21H21NO4S2. The van der Waals surface area contributed by atoms with Gasteiger partial charge in [-0.25, -0.2) is 4.79 Å². The maximum atomic E-state index is 12.1. The monoisotopic (exact) mass is 415 g/mol. The number of carbonyl (C=O) groups is 2. The Bertz CT molecular complexity index is 863. The molecule has 7 heteroatoms. The molecule has 2 heterocycles. The second kappa shape index (κ2) is 8.92. The van der Waals surface area contributed by atoms with E-state index in [0.29, 0.717) is 28.9 Å². The number of nitrogens with one attached hydrogen (secondary N) is 1. The van der Waals surface area contributed by atoms with Crippen LogP contribution in [0.25, 0.3) is 0 Å². The first kappa shape index (κ1) is 19.2. The molecule has 5 nitrogen and oxygen atoms in total. The van der Waals surface area contributed by atoms with Crippen molar-refractivity contribution in [3.63, 3.8) is 0 Å². The molecule has 2 aromatic carbocycles. The van der Waals surface area contributed by atoms with Crippen LogP contribution in [0.5, 0.6) is 11.5 Å². The van der Waals surface area contributed by atoms with E-state index in [1.165, 1.54) is 23.5 Å². The molecule has 0 unspecified atom stereocenters. The predicted molar refractivity (Wildman–Crippen MR) is 113 cm³/mol. The third-order valence-corrected chi connectivity index (χ3v) is 7.56. The zero-order valence-corrected chi connectivity index (χ0v) is 16.9. The van der Waals surface area contributed by atoms with Crippen molar-refractivity contribution >= 4 is 41.1 Å². The van der Waals surface area contributed by atoms with Crippen molar-refractivity contribution in [2.75, 3.05) is 23.4 Å². The van der Waals surface area contributed by atoms with Crippen LogP contribution in [-0.2, 0) is 16.0 Å². The Morgan fingerprint density at radius 1 is 1.04 bits per heavy atom. The van der Waals surface area contributed by atoms with Crippen molar-refractivity contribution in [1.29, 1.82) is 0 Å². The van der Waals surface area contributed by atoms with E-state index in [4.69, 9.17) is 9.47 Å². The number of esters is 1. The van der Waals surface area contributed by atoms with E-state index in [1.807, 2.05) is 35.7 Å². The fourth-order valence-electron chi connectivity index (χ4n) is 3.13. The van der Waals surface area contributed by atoms with E-state index in [2.05, 4.69) is 17.4 Å². The highest BCUT2D eigenvalue weighted by Crippen LogP contribution is 2.43. The summed E-state index contributed by atoms with van der Waals surface area (Å²) in [6.07, 6.45) is 2.36. The van der Waals surface area contributed by atoms with Crippen molar-refractivity contribution in [1.82, 2.24) is 0 Å². The van der Waals surface area contributed by atoms with E-state index < -0.39 is 5.97 Å². The molecule has 0 spiro atoms. The standard InChI is InChI=1S/C21H21NO4S2/c23-19-9-4-15-12-17(7-8-18(15)22-19)26-20(24)13-25-16-5-2-14(3-6-16)21-27-10-1-11-28-21/h2-3,5-8,12,21H,1,4,9-11,13H2,(H,22,23). The first-order valence-corrected chi connectivity index (χ1v) is 11.4. The van der Waals surface area contributed by atoms with Crippen molar-refractivity contribution in [2.45, 2.75) is 23.8 Å². The second-order valence-corrected chi connectivity index (χ2v) is 9.35. The third kappa shape index (κ3) is 4.83. The molecule has 2 aromatic rings. The molecule has 2 aliphatic heterocycles. The zero-order chi connectivity index (χ0) is 19.3. The topological polar surface area (TPSA) is 64.6 Å². The van der Waals surface area contributed by atoms with Gasteiger partial charge in [0, 0.05) is 12.1 Å². The number of ether oxygens (including phenoxy) is 2. The first-order chi connectivity index (χ1) is 13.7. The lowest BCUT2D eigenvalue weighted by Crippen LogP contribution is -2.20. The maximum absolute atomic E-state index is 12.1. The summed E-state index contributed by atoms with van der Waals surface area (Å²) in [6, 6.07) is 13.2. The average molecular weight is 416 g/mol. The summed E-state index contributed by atoms with van der Waals surface area (Å²) >= 11 is 3.95. The number of benzene rings is 2. The third-order valence-electron chi connectivity index (χ3n) is 4.54. The van der Waals surface area contributed by atoms with Crippen LogP contribution in [0.4, 0.5) is 5.69 Å². The van der Waals surface area contributed by atoms with Crippen LogP contribution in [-0.4, -0.2) is 30.0 Å². The molecule has 1 N–H and O–H groups in total. The van der Waals surface area contributed by atoms with Crippen LogP contribution >= 0.6 is 23.5 Å². The highest BCUT2D eigenvalue weighted by molar-refractivity contribution is 8.16. The highest BCUT2D eigenvalue weighted by Gasteiger charge is 2.17. The lowest BCUT2D eigenvalue weighted by atomic mass is 10.0. The summed E-state index contributed by atoms with van der Waals surface area (Å²) in [5.74, 6) is 3.08. The molecule has 0 radical (unpaired) electrons. The molecule has 0 aliphatic carbocycles. The summed E-state index contributed by atoms with van der Waals surface area (Å²) in [5.41, 5.74) is 3.03. The molecule has 0 saturated carbocycles. The van der Waals surface area contributed by atoms with Crippen molar-refractivity contribution in [3.8, 4) is 11.5 Å². The number of anilines is 1. The SMILES string of the molecule is O=C1CCc2cc(OC(=O)COc3ccc(C4SCCCS4)cc3)ccc2N1. The molecule has 4 rings (SSSR count). The van der Waals surface area contributed by atoms with Crippen LogP contribution in [0.15, 0.2) is 42.5 Å². The molecule has 146 valence electrons. The van der Waals surface area contributed by atoms with Gasteiger partial charge in [0.25, 0.3) is 0 Å². The summed E-state index contributed by atoms with van der Waals surface area (Å²) in [7, 11) is 0. The Labute approximate surface area is 172 Å². The van der Waals surface area contributed by atoms with Gasteiger partial charge in [0.2, 0.25) is 5.91 Å². The smallest absolute Gasteiger partial charge is 0.349 e. The number of hydrogen-bond acceptors (Lipinski definition) is 6. The van der Waals surface area contributed by atoms with Gasteiger partial charge in [-0.1, -0.05) is 12.1 Å². The summed E-state index contributed by atoms with van der Waals surface area (Å²) < 4.78 is 11.4.